The highest BCUT2D eigenvalue weighted by Gasteiger charge is 2.41. The summed E-state index contributed by atoms with van der Waals surface area (Å²) in [5, 5.41) is 14.5. The van der Waals surface area contributed by atoms with Crippen molar-refractivity contribution in [1.82, 2.24) is 5.32 Å². The molecule has 2 aromatic rings. The lowest BCUT2D eigenvalue weighted by Crippen LogP contribution is -2.37. The first-order valence-corrected chi connectivity index (χ1v) is 7.93. The molecule has 1 fully saturated rings. The molecular formula is C19H20N2O2. The SMILES string of the molecule is COc1ccc2cc(CNC(=O)C3(C#N)CCCC3)ccc2c1. The van der Waals surface area contributed by atoms with Crippen molar-refractivity contribution >= 4 is 16.7 Å². The number of benzene rings is 2. The molecule has 0 unspecified atom stereocenters. The van der Waals surface area contributed by atoms with Crippen LogP contribution in [0.3, 0.4) is 0 Å². The van der Waals surface area contributed by atoms with Crippen LogP contribution in [0.5, 0.6) is 5.75 Å². The predicted molar refractivity (Wildman–Crippen MR) is 88.9 cm³/mol. The summed E-state index contributed by atoms with van der Waals surface area (Å²) in [6.45, 7) is 0.449. The van der Waals surface area contributed by atoms with Crippen molar-refractivity contribution in [2.24, 2.45) is 5.41 Å². The summed E-state index contributed by atoms with van der Waals surface area (Å²) in [6, 6.07) is 14.2. The fraction of sp³-hybridized carbons (Fsp3) is 0.368. The number of nitrogens with zero attached hydrogens (tertiary/aromatic N) is 1. The zero-order chi connectivity index (χ0) is 16.3. The van der Waals surface area contributed by atoms with Gasteiger partial charge in [0.15, 0.2) is 0 Å². The van der Waals surface area contributed by atoms with Crippen LogP contribution < -0.4 is 10.1 Å². The topological polar surface area (TPSA) is 62.1 Å². The smallest absolute Gasteiger partial charge is 0.240 e. The molecule has 4 nitrogen and oxygen atoms in total. The number of methoxy groups -OCH3 is 1. The zero-order valence-corrected chi connectivity index (χ0v) is 13.3. The Balaban J connectivity index is 1.72. The second kappa shape index (κ2) is 6.29. The van der Waals surface area contributed by atoms with Crippen LogP contribution in [0.25, 0.3) is 10.8 Å². The van der Waals surface area contributed by atoms with E-state index >= 15 is 0 Å². The van der Waals surface area contributed by atoms with Crippen molar-refractivity contribution in [3.8, 4) is 11.8 Å². The number of fused-ring (bicyclic) bond motifs is 1. The fourth-order valence-corrected chi connectivity index (χ4v) is 3.23. The molecule has 1 aliphatic carbocycles. The zero-order valence-electron chi connectivity index (χ0n) is 13.3. The predicted octanol–water partition coefficient (Wildman–Crippen LogP) is 3.55. The van der Waals surface area contributed by atoms with Gasteiger partial charge in [-0.3, -0.25) is 4.79 Å². The summed E-state index contributed by atoms with van der Waals surface area (Å²) in [5.74, 6) is 0.697. The highest BCUT2D eigenvalue weighted by atomic mass is 16.5. The average Bonchev–Trinajstić information content (AvgIpc) is 3.09. The van der Waals surface area contributed by atoms with Gasteiger partial charge in [0.05, 0.1) is 13.2 Å². The van der Waals surface area contributed by atoms with Gasteiger partial charge in [-0.1, -0.05) is 31.0 Å². The number of hydrogen-bond acceptors (Lipinski definition) is 3. The molecule has 23 heavy (non-hydrogen) atoms. The maximum atomic E-state index is 12.4. The Morgan fingerprint density at radius 1 is 1.22 bits per heavy atom. The van der Waals surface area contributed by atoms with Crippen molar-refractivity contribution in [3.05, 3.63) is 42.0 Å². The van der Waals surface area contributed by atoms with Crippen LogP contribution in [0.15, 0.2) is 36.4 Å². The Morgan fingerprint density at radius 3 is 2.61 bits per heavy atom. The Morgan fingerprint density at radius 2 is 1.91 bits per heavy atom. The molecule has 0 radical (unpaired) electrons. The fourth-order valence-electron chi connectivity index (χ4n) is 3.23. The molecule has 1 amide bonds. The molecule has 0 spiro atoms. The van der Waals surface area contributed by atoms with Gasteiger partial charge in [0, 0.05) is 6.54 Å². The lowest BCUT2D eigenvalue weighted by atomic mass is 9.87. The summed E-state index contributed by atoms with van der Waals surface area (Å²) in [5.41, 5.74) is 0.214. The van der Waals surface area contributed by atoms with E-state index in [9.17, 15) is 10.1 Å². The summed E-state index contributed by atoms with van der Waals surface area (Å²) in [4.78, 5) is 12.4. The van der Waals surface area contributed by atoms with E-state index < -0.39 is 5.41 Å². The third kappa shape index (κ3) is 3.00. The maximum Gasteiger partial charge on any atom is 0.240 e. The first-order chi connectivity index (χ1) is 11.2. The van der Waals surface area contributed by atoms with Crippen LogP contribution in [0.1, 0.15) is 31.2 Å². The number of carbonyl (C=O) groups is 1. The Hall–Kier alpha value is -2.54. The van der Waals surface area contributed by atoms with Crippen LogP contribution in [0.2, 0.25) is 0 Å². The molecule has 3 rings (SSSR count). The number of rotatable bonds is 4. The average molecular weight is 308 g/mol. The third-order valence-corrected chi connectivity index (χ3v) is 4.67. The van der Waals surface area contributed by atoms with Gasteiger partial charge in [0.1, 0.15) is 11.2 Å². The van der Waals surface area contributed by atoms with Gasteiger partial charge in [-0.05, 0) is 47.4 Å². The highest BCUT2D eigenvalue weighted by Crippen LogP contribution is 2.37. The van der Waals surface area contributed by atoms with Crippen molar-refractivity contribution in [2.75, 3.05) is 7.11 Å². The van der Waals surface area contributed by atoms with Gasteiger partial charge in [-0.15, -0.1) is 0 Å². The number of nitrogens with one attached hydrogen (secondary N) is 1. The monoisotopic (exact) mass is 308 g/mol. The molecule has 0 saturated heterocycles. The third-order valence-electron chi connectivity index (χ3n) is 4.67. The molecule has 4 heteroatoms. The van der Waals surface area contributed by atoms with E-state index in [1.54, 1.807) is 7.11 Å². The Labute approximate surface area is 136 Å². The van der Waals surface area contributed by atoms with Gasteiger partial charge in [0.2, 0.25) is 5.91 Å². The van der Waals surface area contributed by atoms with Gasteiger partial charge in [-0.2, -0.15) is 5.26 Å². The lowest BCUT2D eigenvalue weighted by molar-refractivity contribution is -0.128. The molecule has 0 aliphatic heterocycles. The molecule has 1 saturated carbocycles. The molecule has 2 aromatic carbocycles. The molecular weight excluding hydrogens is 288 g/mol. The van der Waals surface area contributed by atoms with E-state index in [4.69, 9.17) is 4.74 Å². The Kier molecular flexibility index (Phi) is 4.20. The second-order valence-corrected chi connectivity index (χ2v) is 6.13. The van der Waals surface area contributed by atoms with Gasteiger partial charge in [-0.25, -0.2) is 0 Å². The molecule has 1 N–H and O–H groups in total. The van der Waals surface area contributed by atoms with Crippen LogP contribution >= 0.6 is 0 Å². The van der Waals surface area contributed by atoms with Crippen LogP contribution in [0, 0.1) is 16.7 Å². The van der Waals surface area contributed by atoms with Crippen molar-refractivity contribution < 1.29 is 9.53 Å². The van der Waals surface area contributed by atoms with E-state index in [0.717, 1.165) is 34.9 Å². The molecule has 0 bridgehead atoms. The standard InChI is InChI=1S/C19H20N2O2/c1-23-17-7-6-15-10-14(4-5-16(15)11-17)12-21-18(22)19(13-20)8-2-3-9-19/h4-7,10-11H,2-3,8-9,12H2,1H3,(H,21,22). The molecule has 1 aliphatic rings. The van der Waals surface area contributed by atoms with Gasteiger partial charge >= 0.3 is 0 Å². The second-order valence-electron chi connectivity index (χ2n) is 6.13. The van der Waals surface area contributed by atoms with E-state index in [-0.39, 0.29) is 5.91 Å². The minimum atomic E-state index is -0.815. The molecule has 0 aromatic heterocycles. The minimum absolute atomic E-state index is 0.132. The molecule has 0 heterocycles. The van der Waals surface area contributed by atoms with Gasteiger partial charge in [0.25, 0.3) is 0 Å². The summed E-state index contributed by atoms with van der Waals surface area (Å²) < 4.78 is 5.22. The Bertz CT molecular complexity index is 771. The van der Waals surface area contributed by atoms with E-state index in [0.29, 0.717) is 19.4 Å². The molecule has 0 atom stereocenters. The number of carbonyl (C=O) groups excluding carboxylic acids is 1. The van der Waals surface area contributed by atoms with Crippen molar-refractivity contribution in [3.63, 3.8) is 0 Å². The maximum absolute atomic E-state index is 12.4. The number of hydrogen-bond donors (Lipinski definition) is 1. The van der Waals surface area contributed by atoms with E-state index in [1.807, 2.05) is 30.3 Å². The van der Waals surface area contributed by atoms with Crippen LogP contribution in [0.4, 0.5) is 0 Å². The highest BCUT2D eigenvalue weighted by molar-refractivity contribution is 5.86. The summed E-state index contributed by atoms with van der Waals surface area (Å²) >= 11 is 0. The first-order valence-electron chi connectivity index (χ1n) is 7.93. The summed E-state index contributed by atoms with van der Waals surface area (Å²) in [7, 11) is 1.65. The minimum Gasteiger partial charge on any atom is -0.497 e. The largest absolute Gasteiger partial charge is 0.497 e. The first kappa shape index (κ1) is 15.4. The van der Waals surface area contributed by atoms with Crippen molar-refractivity contribution in [2.45, 2.75) is 32.2 Å². The number of amides is 1. The van der Waals surface area contributed by atoms with Crippen molar-refractivity contribution in [1.29, 1.82) is 5.26 Å². The van der Waals surface area contributed by atoms with E-state index in [1.165, 1.54) is 0 Å². The summed E-state index contributed by atoms with van der Waals surface area (Å²) in [6.07, 6.45) is 3.26. The number of ether oxygens (including phenoxy) is 1. The normalized spacial score (nSPS) is 16.0. The van der Waals surface area contributed by atoms with E-state index in [2.05, 4.69) is 17.5 Å². The quantitative estimate of drug-likeness (QED) is 0.939. The van der Waals surface area contributed by atoms with Crippen LogP contribution in [-0.2, 0) is 11.3 Å². The number of nitriles is 1. The van der Waals surface area contributed by atoms with Crippen LogP contribution in [-0.4, -0.2) is 13.0 Å². The lowest BCUT2D eigenvalue weighted by Gasteiger charge is -2.19. The van der Waals surface area contributed by atoms with Gasteiger partial charge < -0.3 is 10.1 Å². The molecule has 118 valence electrons.